The summed E-state index contributed by atoms with van der Waals surface area (Å²) in [6.45, 7) is 3.55. The number of halogens is 1. The number of nitrogens with one attached hydrogen (secondary N) is 2. The standard InChI is InChI=1S/C21H20FN3O5/c1-12-3-5-15(14(22)9-12)23-18(26)11-25-19(27)21(2,24-20(25)28)13-4-6-16-17(10-13)30-8-7-29-16/h3-6,9-10H,7-8,11H2,1-2H3,(H,23,26)(H,24,28)/t21-/m0/s1. The second-order valence-corrected chi connectivity index (χ2v) is 7.34. The summed E-state index contributed by atoms with van der Waals surface area (Å²) < 4.78 is 25.0. The molecule has 4 amide bonds. The average molecular weight is 413 g/mol. The summed E-state index contributed by atoms with van der Waals surface area (Å²) in [6.07, 6.45) is 0. The van der Waals surface area contributed by atoms with Crippen molar-refractivity contribution in [3.8, 4) is 11.5 Å². The van der Waals surface area contributed by atoms with Crippen LogP contribution in [0, 0.1) is 12.7 Å². The molecule has 0 aliphatic carbocycles. The Balaban J connectivity index is 1.51. The molecule has 2 heterocycles. The Morgan fingerprint density at radius 1 is 1.17 bits per heavy atom. The normalized spacial score (nSPS) is 20.2. The number of urea groups is 1. The van der Waals surface area contributed by atoms with Crippen molar-refractivity contribution in [1.29, 1.82) is 0 Å². The van der Waals surface area contributed by atoms with E-state index in [1.54, 1.807) is 38.1 Å². The Hall–Kier alpha value is -3.62. The molecule has 30 heavy (non-hydrogen) atoms. The molecular weight excluding hydrogens is 393 g/mol. The number of hydrogen-bond donors (Lipinski definition) is 2. The van der Waals surface area contributed by atoms with Crippen molar-refractivity contribution in [2.45, 2.75) is 19.4 Å². The predicted octanol–water partition coefficient (Wildman–Crippen LogP) is 2.31. The second kappa shape index (κ2) is 7.33. The number of ether oxygens (including phenoxy) is 2. The zero-order chi connectivity index (χ0) is 21.5. The van der Waals surface area contributed by atoms with Crippen LogP contribution in [0.3, 0.4) is 0 Å². The Kier molecular flexibility index (Phi) is 4.81. The van der Waals surface area contributed by atoms with Crippen LogP contribution < -0.4 is 20.1 Å². The number of amides is 4. The smallest absolute Gasteiger partial charge is 0.325 e. The minimum atomic E-state index is -1.37. The maximum atomic E-state index is 14.0. The zero-order valence-electron chi connectivity index (χ0n) is 16.5. The van der Waals surface area contributed by atoms with Gasteiger partial charge in [-0.1, -0.05) is 12.1 Å². The third kappa shape index (κ3) is 3.42. The van der Waals surface area contributed by atoms with Gasteiger partial charge in [0.25, 0.3) is 5.91 Å². The van der Waals surface area contributed by atoms with Crippen LogP contribution in [0.15, 0.2) is 36.4 Å². The molecule has 1 atom stereocenters. The third-order valence-corrected chi connectivity index (χ3v) is 5.09. The van der Waals surface area contributed by atoms with Crippen molar-refractivity contribution in [2.24, 2.45) is 0 Å². The topological polar surface area (TPSA) is 97.0 Å². The molecule has 156 valence electrons. The van der Waals surface area contributed by atoms with Crippen LogP contribution in [0.4, 0.5) is 14.9 Å². The van der Waals surface area contributed by atoms with E-state index in [-0.39, 0.29) is 5.69 Å². The fourth-order valence-electron chi connectivity index (χ4n) is 3.45. The molecule has 1 fully saturated rings. The van der Waals surface area contributed by atoms with E-state index >= 15 is 0 Å². The first-order chi connectivity index (χ1) is 14.3. The van der Waals surface area contributed by atoms with Crippen molar-refractivity contribution in [3.05, 3.63) is 53.3 Å². The minimum absolute atomic E-state index is 0.0211. The Labute approximate surface area is 171 Å². The lowest BCUT2D eigenvalue weighted by Gasteiger charge is -2.25. The first-order valence-corrected chi connectivity index (χ1v) is 9.38. The molecule has 0 spiro atoms. The molecule has 8 nitrogen and oxygen atoms in total. The van der Waals surface area contributed by atoms with Crippen LogP contribution >= 0.6 is 0 Å². The van der Waals surface area contributed by atoms with Gasteiger partial charge in [0.15, 0.2) is 11.5 Å². The van der Waals surface area contributed by atoms with Gasteiger partial charge in [-0.25, -0.2) is 9.18 Å². The lowest BCUT2D eigenvalue weighted by molar-refractivity contribution is -0.133. The van der Waals surface area contributed by atoms with E-state index in [0.29, 0.717) is 35.8 Å². The van der Waals surface area contributed by atoms with Gasteiger partial charge in [-0.3, -0.25) is 14.5 Å². The minimum Gasteiger partial charge on any atom is -0.486 e. The van der Waals surface area contributed by atoms with Gasteiger partial charge in [-0.2, -0.15) is 0 Å². The fourth-order valence-corrected chi connectivity index (χ4v) is 3.45. The number of nitrogens with zero attached hydrogens (tertiary/aromatic N) is 1. The molecule has 0 radical (unpaired) electrons. The van der Waals surface area contributed by atoms with Gasteiger partial charge >= 0.3 is 6.03 Å². The summed E-state index contributed by atoms with van der Waals surface area (Å²) in [7, 11) is 0. The van der Waals surface area contributed by atoms with Crippen molar-refractivity contribution in [2.75, 3.05) is 25.1 Å². The molecular formula is C21H20FN3O5. The van der Waals surface area contributed by atoms with E-state index in [9.17, 15) is 18.8 Å². The molecule has 2 N–H and O–H groups in total. The Morgan fingerprint density at radius 3 is 2.63 bits per heavy atom. The first-order valence-electron chi connectivity index (χ1n) is 9.38. The summed E-state index contributed by atoms with van der Waals surface area (Å²) in [5, 5.41) is 5.02. The van der Waals surface area contributed by atoms with Gasteiger partial charge in [-0.05, 0) is 49.2 Å². The summed E-state index contributed by atoms with van der Waals surface area (Å²) in [4.78, 5) is 38.6. The van der Waals surface area contributed by atoms with Crippen LogP contribution in [-0.4, -0.2) is 42.5 Å². The highest BCUT2D eigenvalue weighted by molar-refractivity contribution is 6.10. The maximum absolute atomic E-state index is 14.0. The number of aryl methyl sites for hydroxylation is 1. The molecule has 2 aromatic carbocycles. The van der Waals surface area contributed by atoms with E-state index in [1.807, 2.05) is 0 Å². The summed E-state index contributed by atoms with van der Waals surface area (Å²) in [5.41, 5.74) is -0.192. The lowest BCUT2D eigenvalue weighted by atomic mass is 9.91. The number of carbonyl (C=O) groups excluding carboxylic acids is 3. The Bertz CT molecular complexity index is 1060. The zero-order valence-corrected chi connectivity index (χ0v) is 16.5. The van der Waals surface area contributed by atoms with Crippen molar-refractivity contribution in [3.63, 3.8) is 0 Å². The van der Waals surface area contributed by atoms with Gasteiger partial charge in [-0.15, -0.1) is 0 Å². The SMILES string of the molecule is Cc1ccc(NC(=O)CN2C(=O)N[C@@](C)(c3ccc4c(c3)OCCO4)C2=O)c(F)c1. The number of imide groups is 1. The van der Waals surface area contributed by atoms with Crippen LogP contribution in [0.5, 0.6) is 11.5 Å². The third-order valence-electron chi connectivity index (χ3n) is 5.09. The number of carbonyl (C=O) groups is 3. The molecule has 2 aliphatic heterocycles. The van der Waals surface area contributed by atoms with E-state index in [0.717, 1.165) is 4.90 Å². The highest BCUT2D eigenvalue weighted by Crippen LogP contribution is 2.36. The predicted molar refractivity (Wildman–Crippen MR) is 105 cm³/mol. The fraction of sp³-hybridized carbons (Fsp3) is 0.286. The number of anilines is 1. The van der Waals surface area contributed by atoms with Crippen LogP contribution in [0.2, 0.25) is 0 Å². The van der Waals surface area contributed by atoms with E-state index < -0.39 is 35.7 Å². The maximum Gasteiger partial charge on any atom is 0.325 e. The first kappa shape index (κ1) is 19.7. The number of hydrogen-bond acceptors (Lipinski definition) is 5. The molecule has 9 heteroatoms. The van der Waals surface area contributed by atoms with Gasteiger partial charge in [0.1, 0.15) is 31.1 Å². The monoisotopic (exact) mass is 413 g/mol. The van der Waals surface area contributed by atoms with Crippen LogP contribution in [-0.2, 0) is 15.1 Å². The molecule has 2 aromatic rings. The van der Waals surface area contributed by atoms with Gasteiger partial charge in [0.05, 0.1) is 5.69 Å². The van der Waals surface area contributed by atoms with Crippen molar-refractivity contribution in [1.82, 2.24) is 10.2 Å². The number of rotatable bonds is 4. The number of fused-ring (bicyclic) bond motifs is 1. The largest absolute Gasteiger partial charge is 0.486 e. The van der Waals surface area contributed by atoms with Gasteiger partial charge in [0.2, 0.25) is 5.91 Å². The van der Waals surface area contributed by atoms with E-state index in [2.05, 4.69) is 10.6 Å². The molecule has 2 aliphatic rings. The van der Waals surface area contributed by atoms with Crippen LogP contribution in [0.25, 0.3) is 0 Å². The Morgan fingerprint density at radius 2 is 1.90 bits per heavy atom. The van der Waals surface area contributed by atoms with Crippen LogP contribution in [0.1, 0.15) is 18.1 Å². The molecule has 0 aromatic heterocycles. The van der Waals surface area contributed by atoms with E-state index in [1.165, 1.54) is 12.1 Å². The van der Waals surface area contributed by atoms with Gasteiger partial charge < -0.3 is 20.1 Å². The van der Waals surface area contributed by atoms with Gasteiger partial charge in [0, 0.05) is 0 Å². The second-order valence-electron chi connectivity index (χ2n) is 7.34. The van der Waals surface area contributed by atoms with Crippen molar-refractivity contribution >= 4 is 23.5 Å². The number of benzene rings is 2. The summed E-state index contributed by atoms with van der Waals surface area (Å²) in [6, 6.07) is 8.61. The highest BCUT2D eigenvalue weighted by atomic mass is 19.1. The molecule has 1 saturated heterocycles. The molecule has 4 rings (SSSR count). The highest BCUT2D eigenvalue weighted by Gasteiger charge is 2.49. The van der Waals surface area contributed by atoms with Crippen molar-refractivity contribution < 1.29 is 28.2 Å². The quantitative estimate of drug-likeness (QED) is 0.750. The van der Waals surface area contributed by atoms with E-state index in [4.69, 9.17) is 9.47 Å². The average Bonchev–Trinajstić information content (AvgIpc) is 2.94. The molecule has 0 bridgehead atoms. The molecule has 0 unspecified atom stereocenters. The summed E-state index contributed by atoms with van der Waals surface area (Å²) in [5.74, 6) is -0.840. The lowest BCUT2D eigenvalue weighted by Crippen LogP contribution is -2.42. The summed E-state index contributed by atoms with van der Waals surface area (Å²) >= 11 is 0. The molecule has 0 saturated carbocycles.